The molecule has 0 N–H and O–H groups in total. The van der Waals surface area contributed by atoms with Crippen LogP contribution in [0.15, 0.2) is 0 Å². The maximum absolute atomic E-state index is 5.68. The molecule has 0 aromatic carbocycles. The Labute approximate surface area is 71.3 Å². The van der Waals surface area contributed by atoms with Crippen LogP contribution in [0.5, 0.6) is 0 Å². The lowest BCUT2D eigenvalue weighted by atomic mass is 10.0. The van der Waals surface area contributed by atoms with Crippen LogP contribution in [-0.2, 0) is 4.74 Å². The number of halogens is 1. The van der Waals surface area contributed by atoms with Crippen LogP contribution >= 0.6 is 15.9 Å². The summed E-state index contributed by atoms with van der Waals surface area (Å²) >= 11 is 3.61. The molecule has 1 aliphatic heterocycles. The molecule has 0 saturated carbocycles. The fraction of sp³-hybridized carbons (Fsp3) is 1.00. The van der Waals surface area contributed by atoms with Crippen LogP contribution in [0.4, 0.5) is 0 Å². The molecule has 0 bridgehead atoms. The first-order chi connectivity index (χ1) is 4.50. The summed E-state index contributed by atoms with van der Waals surface area (Å²) in [4.78, 5) is 0. The Balaban J connectivity index is 2.45. The summed E-state index contributed by atoms with van der Waals surface area (Å²) in [6, 6.07) is 0. The summed E-state index contributed by atoms with van der Waals surface area (Å²) in [5, 5.41) is 0. The van der Waals surface area contributed by atoms with Gasteiger partial charge in [0.2, 0.25) is 0 Å². The zero-order valence-corrected chi connectivity index (χ0v) is 8.44. The van der Waals surface area contributed by atoms with Gasteiger partial charge in [-0.3, -0.25) is 0 Å². The molecule has 60 valence electrons. The summed E-state index contributed by atoms with van der Waals surface area (Å²) in [6.07, 6.45) is 3.27. The Morgan fingerprint density at radius 2 is 2.00 bits per heavy atom. The van der Waals surface area contributed by atoms with E-state index in [9.17, 15) is 0 Å². The largest absolute Gasteiger partial charge is 0.374 e. The monoisotopic (exact) mass is 206 g/mol. The summed E-state index contributed by atoms with van der Waals surface area (Å²) < 4.78 is 5.83. The highest BCUT2D eigenvalue weighted by Gasteiger charge is 2.33. The van der Waals surface area contributed by atoms with Crippen molar-refractivity contribution in [3.8, 4) is 0 Å². The molecule has 2 heteroatoms. The van der Waals surface area contributed by atoms with Gasteiger partial charge >= 0.3 is 0 Å². The standard InChI is InChI=1S/C8H15BrO/c1-6-4-5-7(10-6)8(2,3)9/h6-7H,4-5H2,1-3H3/t6-,7-/m0/s1. The van der Waals surface area contributed by atoms with Crippen molar-refractivity contribution in [3.63, 3.8) is 0 Å². The van der Waals surface area contributed by atoms with Crippen molar-refractivity contribution in [3.05, 3.63) is 0 Å². The highest BCUT2D eigenvalue weighted by Crippen LogP contribution is 2.33. The van der Waals surface area contributed by atoms with Crippen LogP contribution in [-0.4, -0.2) is 16.5 Å². The molecular formula is C8H15BrO. The SMILES string of the molecule is C[C@H]1CC[C@@H](C(C)(C)Br)O1. The predicted octanol–water partition coefficient (Wildman–Crippen LogP) is 2.73. The summed E-state index contributed by atoms with van der Waals surface area (Å²) in [5.74, 6) is 0. The Kier molecular flexibility index (Phi) is 2.41. The molecule has 0 radical (unpaired) electrons. The number of rotatable bonds is 1. The topological polar surface area (TPSA) is 9.23 Å². The van der Waals surface area contributed by atoms with Crippen LogP contribution in [0, 0.1) is 0 Å². The van der Waals surface area contributed by atoms with Gasteiger partial charge in [0, 0.05) is 4.32 Å². The lowest BCUT2D eigenvalue weighted by Crippen LogP contribution is -2.29. The van der Waals surface area contributed by atoms with Gasteiger partial charge in [-0.25, -0.2) is 0 Å². The lowest BCUT2D eigenvalue weighted by Gasteiger charge is -2.24. The van der Waals surface area contributed by atoms with Gasteiger partial charge in [-0.2, -0.15) is 0 Å². The first-order valence-corrected chi connectivity index (χ1v) is 4.64. The van der Waals surface area contributed by atoms with Gasteiger partial charge in [0.05, 0.1) is 12.2 Å². The fourth-order valence-electron chi connectivity index (χ4n) is 1.31. The minimum atomic E-state index is 0.151. The molecule has 10 heavy (non-hydrogen) atoms. The molecule has 1 heterocycles. The maximum Gasteiger partial charge on any atom is 0.0727 e. The van der Waals surface area contributed by atoms with Crippen molar-refractivity contribution in [2.45, 2.75) is 50.1 Å². The normalized spacial score (nSPS) is 34.8. The van der Waals surface area contributed by atoms with Gasteiger partial charge < -0.3 is 4.74 Å². The second-order valence-corrected chi connectivity index (χ2v) is 5.62. The minimum absolute atomic E-state index is 0.151. The van der Waals surface area contributed by atoms with Crippen molar-refractivity contribution >= 4 is 15.9 Å². The van der Waals surface area contributed by atoms with Crippen molar-refractivity contribution in [1.82, 2.24) is 0 Å². The zero-order chi connectivity index (χ0) is 7.78. The predicted molar refractivity (Wildman–Crippen MR) is 46.6 cm³/mol. The number of hydrogen-bond acceptors (Lipinski definition) is 1. The second-order valence-electron chi connectivity index (χ2n) is 3.58. The first kappa shape index (κ1) is 8.54. The average molecular weight is 207 g/mol. The number of alkyl halides is 1. The summed E-state index contributed by atoms with van der Waals surface area (Å²) in [7, 11) is 0. The van der Waals surface area contributed by atoms with E-state index in [-0.39, 0.29) is 4.32 Å². The Morgan fingerprint density at radius 1 is 1.40 bits per heavy atom. The summed E-state index contributed by atoms with van der Waals surface area (Å²) in [5.41, 5.74) is 0. The van der Waals surface area contributed by atoms with Gasteiger partial charge in [-0.05, 0) is 33.6 Å². The fourth-order valence-corrected chi connectivity index (χ4v) is 1.64. The van der Waals surface area contributed by atoms with E-state index in [0.717, 1.165) is 0 Å². The second kappa shape index (κ2) is 2.82. The van der Waals surface area contributed by atoms with Gasteiger partial charge in [-0.1, -0.05) is 15.9 Å². The molecule has 0 amide bonds. The highest BCUT2D eigenvalue weighted by molar-refractivity contribution is 9.10. The molecule has 1 rings (SSSR count). The van der Waals surface area contributed by atoms with Crippen LogP contribution in [0.3, 0.4) is 0 Å². The molecule has 0 aliphatic carbocycles. The Hall–Kier alpha value is 0.440. The Bertz CT molecular complexity index is 117. The van der Waals surface area contributed by atoms with E-state index in [2.05, 4.69) is 36.7 Å². The Morgan fingerprint density at radius 3 is 2.20 bits per heavy atom. The smallest absolute Gasteiger partial charge is 0.0727 e. The van der Waals surface area contributed by atoms with E-state index in [1.165, 1.54) is 12.8 Å². The van der Waals surface area contributed by atoms with Crippen LogP contribution in [0.1, 0.15) is 33.6 Å². The number of hydrogen-bond donors (Lipinski definition) is 0. The summed E-state index contributed by atoms with van der Waals surface area (Å²) in [6.45, 7) is 6.46. The molecule has 1 saturated heterocycles. The third-order valence-electron chi connectivity index (χ3n) is 2.00. The van der Waals surface area contributed by atoms with Crippen molar-refractivity contribution in [1.29, 1.82) is 0 Å². The van der Waals surface area contributed by atoms with Crippen molar-refractivity contribution < 1.29 is 4.74 Å². The van der Waals surface area contributed by atoms with Crippen LogP contribution in [0.25, 0.3) is 0 Å². The molecule has 1 nitrogen and oxygen atoms in total. The van der Waals surface area contributed by atoms with E-state index in [1.807, 2.05) is 0 Å². The molecule has 1 fully saturated rings. The third kappa shape index (κ3) is 1.96. The molecular weight excluding hydrogens is 192 g/mol. The third-order valence-corrected chi connectivity index (χ3v) is 2.51. The maximum atomic E-state index is 5.68. The van der Waals surface area contributed by atoms with E-state index >= 15 is 0 Å². The zero-order valence-electron chi connectivity index (χ0n) is 6.86. The van der Waals surface area contributed by atoms with Crippen molar-refractivity contribution in [2.75, 3.05) is 0 Å². The highest BCUT2D eigenvalue weighted by atomic mass is 79.9. The van der Waals surface area contributed by atoms with E-state index in [4.69, 9.17) is 4.74 Å². The molecule has 0 unspecified atom stereocenters. The van der Waals surface area contributed by atoms with Crippen molar-refractivity contribution in [2.24, 2.45) is 0 Å². The minimum Gasteiger partial charge on any atom is -0.374 e. The van der Waals surface area contributed by atoms with E-state index in [0.29, 0.717) is 12.2 Å². The van der Waals surface area contributed by atoms with Gasteiger partial charge in [-0.15, -0.1) is 0 Å². The molecule has 0 aromatic heterocycles. The number of ether oxygens (including phenoxy) is 1. The quantitative estimate of drug-likeness (QED) is 0.600. The van der Waals surface area contributed by atoms with Crippen LogP contribution < -0.4 is 0 Å². The lowest BCUT2D eigenvalue weighted by molar-refractivity contribution is 0.0403. The van der Waals surface area contributed by atoms with Gasteiger partial charge in [0.1, 0.15) is 0 Å². The molecule has 0 aromatic rings. The van der Waals surface area contributed by atoms with E-state index < -0.39 is 0 Å². The van der Waals surface area contributed by atoms with Crippen LogP contribution in [0.2, 0.25) is 0 Å². The van der Waals surface area contributed by atoms with Gasteiger partial charge in [0.15, 0.2) is 0 Å². The first-order valence-electron chi connectivity index (χ1n) is 3.84. The average Bonchev–Trinajstić information content (AvgIpc) is 2.11. The molecule has 2 atom stereocenters. The van der Waals surface area contributed by atoms with E-state index in [1.54, 1.807) is 0 Å². The van der Waals surface area contributed by atoms with Gasteiger partial charge in [0.25, 0.3) is 0 Å². The molecule has 1 aliphatic rings. The molecule has 0 spiro atoms.